The first-order valence-electron chi connectivity index (χ1n) is 9.02. The van der Waals surface area contributed by atoms with Gasteiger partial charge in [0.15, 0.2) is 11.3 Å². The Morgan fingerprint density at radius 1 is 0.933 bits per heavy atom. The van der Waals surface area contributed by atoms with Gasteiger partial charge in [-0.25, -0.2) is 4.98 Å². The lowest BCUT2D eigenvalue weighted by molar-refractivity contribution is -0.402. The molecule has 3 aromatic carbocycles. The highest BCUT2D eigenvalue weighted by atomic mass is 16.6. The molecule has 0 saturated carbocycles. The van der Waals surface area contributed by atoms with Crippen molar-refractivity contribution in [3.05, 3.63) is 88.7 Å². The van der Waals surface area contributed by atoms with Crippen molar-refractivity contribution < 1.29 is 18.6 Å². The van der Waals surface area contributed by atoms with Crippen molar-refractivity contribution in [3.63, 3.8) is 0 Å². The zero-order chi connectivity index (χ0) is 20.7. The van der Waals surface area contributed by atoms with Gasteiger partial charge in [-0.1, -0.05) is 30.3 Å². The Morgan fingerprint density at radius 2 is 1.77 bits per heavy atom. The van der Waals surface area contributed by atoms with Crippen LogP contribution in [0.25, 0.3) is 33.3 Å². The Balaban J connectivity index is 1.43. The number of nitrogens with zero attached hydrogens (tertiary/aromatic N) is 2. The Hall–Kier alpha value is -4.46. The first-order valence-corrected chi connectivity index (χ1v) is 9.02. The number of oxazole rings is 1. The molecule has 0 unspecified atom stereocenters. The van der Waals surface area contributed by atoms with Gasteiger partial charge in [-0.2, -0.15) is 0 Å². The van der Waals surface area contributed by atoms with Gasteiger partial charge in [0.05, 0.1) is 6.07 Å². The predicted molar refractivity (Wildman–Crippen MR) is 110 cm³/mol. The summed E-state index contributed by atoms with van der Waals surface area (Å²) >= 11 is 0. The summed E-state index contributed by atoms with van der Waals surface area (Å²) in [4.78, 5) is 26.8. The number of nitro groups is 1. The molecule has 0 aliphatic rings. The molecule has 1 N–H and O–H groups in total. The van der Waals surface area contributed by atoms with E-state index in [0.717, 1.165) is 22.4 Å². The van der Waals surface area contributed by atoms with Crippen LogP contribution in [-0.4, -0.2) is 15.8 Å². The van der Waals surface area contributed by atoms with Crippen LogP contribution in [0.5, 0.6) is 0 Å². The maximum absolute atomic E-state index is 12.3. The summed E-state index contributed by atoms with van der Waals surface area (Å²) in [7, 11) is 0. The van der Waals surface area contributed by atoms with E-state index in [9.17, 15) is 14.9 Å². The van der Waals surface area contributed by atoms with Crippen LogP contribution in [-0.2, 0) is 0 Å². The van der Waals surface area contributed by atoms with Gasteiger partial charge >= 0.3 is 5.88 Å². The summed E-state index contributed by atoms with van der Waals surface area (Å²) in [5.41, 5.74) is 2.45. The number of rotatable bonds is 4. The number of nitrogens with one attached hydrogen (secondary N) is 1. The molecule has 0 atom stereocenters. The van der Waals surface area contributed by atoms with Crippen molar-refractivity contribution in [2.24, 2.45) is 0 Å². The summed E-state index contributed by atoms with van der Waals surface area (Å²) in [6.45, 7) is 0. The van der Waals surface area contributed by atoms with Crippen molar-refractivity contribution in [1.29, 1.82) is 0 Å². The number of fused-ring (bicyclic) bond motifs is 2. The Bertz CT molecular complexity index is 1430. The molecule has 2 heterocycles. The number of hydrogen-bond donors (Lipinski definition) is 1. The van der Waals surface area contributed by atoms with E-state index in [1.165, 1.54) is 6.07 Å². The minimum Gasteiger partial charge on any atom is -0.436 e. The van der Waals surface area contributed by atoms with E-state index < -0.39 is 16.7 Å². The average molecular weight is 399 g/mol. The van der Waals surface area contributed by atoms with Crippen molar-refractivity contribution in [1.82, 2.24) is 4.98 Å². The van der Waals surface area contributed by atoms with Gasteiger partial charge in [-0.15, -0.1) is 0 Å². The van der Waals surface area contributed by atoms with E-state index >= 15 is 0 Å². The number of aromatic nitrogens is 1. The molecule has 2 aromatic heterocycles. The van der Waals surface area contributed by atoms with Crippen molar-refractivity contribution in [2.45, 2.75) is 0 Å². The zero-order valence-electron chi connectivity index (χ0n) is 15.4. The quantitative estimate of drug-likeness (QED) is 0.320. The van der Waals surface area contributed by atoms with Gasteiger partial charge in [-0.3, -0.25) is 14.9 Å². The molecular weight excluding hydrogens is 386 g/mol. The van der Waals surface area contributed by atoms with Crippen LogP contribution in [0, 0.1) is 10.1 Å². The molecule has 5 aromatic rings. The van der Waals surface area contributed by atoms with Crippen molar-refractivity contribution in [3.8, 4) is 11.5 Å². The highest BCUT2D eigenvalue weighted by Crippen LogP contribution is 2.29. The number of amides is 1. The number of anilines is 1. The van der Waals surface area contributed by atoms with E-state index in [4.69, 9.17) is 8.83 Å². The molecule has 0 fully saturated rings. The standard InChI is InChI=1S/C22H13N3O5/c26-21(19-9-10-20(29-19)25(27)28)23-16-7-8-18-17(12-16)24-22(30-18)15-6-5-13-3-1-2-4-14(13)11-15/h1-12H,(H,23,26). The predicted octanol–water partition coefficient (Wildman–Crippen LogP) is 5.40. The molecule has 0 radical (unpaired) electrons. The highest BCUT2D eigenvalue weighted by molar-refractivity contribution is 6.03. The van der Waals surface area contributed by atoms with Crippen LogP contribution in [0.4, 0.5) is 11.6 Å². The fraction of sp³-hybridized carbons (Fsp3) is 0. The van der Waals surface area contributed by atoms with Gasteiger partial charge in [0.2, 0.25) is 5.89 Å². The average Bonchev–Trinajstić information content (AvgIpc) is 3.41. The molecule has 8 heteroatoms. The lowest BCUT2D eigenvalue weighted by atomic mass is 10.1. The normalized spacial score (nSPS) is 11.1. The highest BCUT2D eigenvalue weighted by Gasteiger charge is 2.18. The molecule has 8 nitrogen and oxygen atoms in total. The molecule has 0 saturated heterocycles. The van der Waals surface area contributed by atoms with E-state index in [0.29, 0.717) is 22.7 Å². The fourth-order valence-electron chi connectivity index (χ4n) is 3.19. The van der Waals surface area contributed by atoms with Crippen LogP contribution in [0.15, 0.2) is 81.6 Å². The van der Waals surface area contributed by atoms with Crippen LogP contribution in [0.2, 0.25) is 0 Å². The number of carbonyl (C=O) groups excluding carboxylic acids is 1. The van der Waals surface area contributed by atoms with E-state index in [-0.39, 0.29) is 5.76 Å². The number of hydrogen-bond acceptors (Lipinski definition) is 6. The second-order valence-corrected chi connectivity index (χ2v) is 6.61. The maximum atomic E-state index is 12.3. The second kappa shape index (κ2) is 6.85. The Kier molecular flexibility index (Phi) is 4.03. The second-order valence-electron chi connectivity index (χ2n) is 6.61. The lowest BCUT2D eigenvalue weighted by Crippen LogP contribution is -2.10. The molecule has 1 amide bonds. The minimum atomic E-state index is -0.702. The van der Waals surface area contributed by atoms with Crippen LogP contribution in [0.1, 0.15) is 10.6 Å². The third-order valence-corrected chi connectivity index (χ3v) is 4.64. The molecule has 5 rings (SSSR count). The van der Waals surface area contributed by atoms with E-state index in [1.54, 1.807) is 18.2 Å². The molecule has 30 heavy (non-hydrogen) atoms. The zero-order valence-corrected chi connectivity index (χ0v) is 15.4. The molecule has 146 valence electrons. The van der Waals surface area contributed by atoms with Crippen LogP contribution in [0.3, 0.4) is 0 Å². The fourth-order valence-corrected chi connectivity index (χ4v) is 3.19. The smallest absolute Gasteiger partial charge is 0.433 e. The largest absolute Gasteiger partial charge is 0.436 e. The third kappa shape index (κ3) is 3.16. The van der Waals surface area contributed by atoms with Gasteiger partial charge in [0, 0.05) is 11.3 Å². The summed E-state index contributed by atoms with van der Waals surface area (Å²) in [5.74, 6) is -0.771. The van der Waals surface area contributed by atoms with Crippen LogP contribution < -0.4 is 5.32 Å². The molecule has 0 aliphatic heterocycles. The van der Waals surface area contributed by atoms with E-state index in [1.807, 2.05) is 42.5 Å². The molecule has 0 aliphatic carbocycles. The first kappa shape index (κ1) is 17.6. The number of benzene rings is 3. The van der Waals surface area contributed by atoms with Crippen molar-refractivity contribution in [2.75, 3.05) is 5.32 Å². The first-order chi connectivity index (χ1) is 14.6. The summed E-state index contributed by atoms with van der Waals surface area (Å²) in [6, 6.07) is 21.4. The van der Waals surface area contributed by atoms with Gasteiger partial charge in [0.25, 0.3) is 5.91 Å². The monoisotopic (exact) mass is 399 g/mol. The Labute approximate surface area is 168 Å². The van der Waals surface area contributed by atoms with Crippen molar-refractivity contribution >= 4 is 39.4 Å². The topological polar surface area (TPSA) is 111 Å². The van der Waals surface area contributed by atoms with Gasteiger partial charge in [-0.05, 0) is 47.2 Å². The van der Waals surface area contributed by atoms with Gasteiger partial charge < -0.3 is 14.2 Å². The van der Waals surface area contributed by atoms with Crippen LogP contribution >= 0.6 is 0 Å². The molecule has 0 spiro atoms. The Morgan fingerprint density at radius 3 is 2.57 bits per heavy atom. The lowest BCUT2D eigenvalue weighted by Gasteiger charge is -2.01. The maximum Gasteiger partial charge on any atom is 0.433 e. The van der Waals surface area contributed by atoms with Gasteiger partial charge in [0.1, 0.15) is 10.4 Å². The third-order valence-electron chi connectivity index (χ3n) is 4.64. The number of furan rings is 1. The van der Waals surface area contributed by atoms with E-state index in [2.05, 4.69) is 10.3 Å². The summed E-state index contributed by atoms with van der Waals surface area (Å²) in [5, 5.41) is 15.5. The molecule has 0 bridgehead atoms. The summed E-state index contributed by atoms with van der Waals surface area (Å²) in [6.07, 6.45) is 0. The number of carbonyl (C=O) groups is 1. The summed E-state index contributed by atoms with van der Waals surface area (Å²) < 4.78 is 10.8. The SMILES string of the molecule is O=C(Nc1ccc2oc(-c3ccc4ccccc4c3)nc2c1)c1ccc([N+](=O)[O-])o1. The minimum absolute atomic E-state index is 0.154. The molecular formula is C22H13N3O5.